The third kappa shape index (κ3) is 2.70. The molecule has 1 aliphatic rings. The second-order valence-corrected chi connectivity index (χ2v) is 6.45. The Balaban J connectivity index is 1.62. The summed E-state index contributed by atoms with van der Waals surface area (Å²) >= 11 is 1.68. The Kier molecular flexibility index (Phi) is 3.75. The van der Waals surface area contributed by atoms with E-state index < -0.39 is 0 Å². The molecule has 0 radical (unpaired) electrons. The lowest BCUT2D eigenvalue weighted by Gasteiger charge is -2.22. The average molecular weight is 326 g/mol. The molecule has 0 aliphatic carbocycles. The molecule has 1 unspecified atom stereocenters. The molecule has 1 fully saturated rings. The van der Waals surface area contributed by atoms with Crippen LogP contribution in [-0.4, -0.2) is 28.6 Å². The molecule has 1 aromatic carbocycles. The first-order chi connectivity index (χ1) is 11.3. The molecule has 1 N–H and O–H groups in total. The third-order valence-corrected chi connectivity index (χ3v) is 5.02. The maximum absolute atomic E-state index is 5.30. The van der Waals surface area contributed by atoms with E-state index in [2.05, 4.69) is 25.9 Å². The lowest BCUT2D eigenvalue weighted by molar-refractivity contribution is 0.415. The van der Waals surface area contributed by atoms with E-state index >= 15 is 0 Å². The zero-order chi connectivity index (χ0) is 15.6. The minimum absolute atomic E-state index is 0.278. The first kappa shape index (κ1) is 14.3. The number of hydrogen-bond donors (Lipinski definition) is 1. The van der Waals surface area contributed by atoms with Crippen molar-refractivity contribution in [3.63, 3.8) is 0 Å². The second kappa shape index (κ2) is 6.04. The van der Waals surface area contributed by atoms with Gasteiger partial charge in [0, 0.05) is 23.7 Å². The van der Waals surface area contributed by atoms with Crippen molar-refractivity contribution in [3.8, 4) is 17.0 Å². The Morgan fingerprint density at radius 3 is 3.13 bits per heavy atom. The molecule has 0 spiro atoms. The van der Waals surface area contributed by atoms with Gasteiger partial charge in [-0.05, 0) is 25.0 Å². The van der Waals surface area contributed by atoms with Gasteiger partial charge in [-0.3, -0.25) is 0 Å². The van der Waals surface area contributed by atoms with Gasteiger partial charge in [0.15, 0.2) is 5.13 Å². The van der Waals surface area contributed by atoms with Gasteiger partial charge in [-0.15, -0.1) is 11.3 Å². The molecular weight excluding hydrogens is 308 g/mol. The zero-order valence-electron chi connectivity index (χ0n) is 12.9. The number of H-pyrrole nitrogens is 1. The highest BCUT2D eigenvalue weighted by atomic mass is 32.1. The summed E-state index contributed by atoms with van der Waals surface area (Å²) in [6.45, 7) is 1.04. The smallest absolute Gasteiger partial charge is 0.185 e. The van der Waals surface area contributed by atoms with Gasteiger partial charge < -0.3 is 14.6 Å². The predicted octanol–water partition coefficient (Wildman–Crippen LogP) is 3.88. The highest BCUT2D eigenvalue weighted by Crippen LogP contribution is 2.36. The van der Waals surface area contributed by atoms with Crippen LogP contribution < -0.4 is 9.64 Å². The summed E-state index contributed by atoms with van der Waals surface area (Å²) in [5.74, 6) is 1.86. The molecule has 3 aromatic rings. The van der Waals surface area contributed by atoms with Crippen LogP contribution in [0.1, 0.15) is 24.7 Å². The van der Waals surface area contributed by atoms with Crippen LogP contribution in [0.2, 0.25) is 0 Å². The first-order valence-electron chi connectivity index (χ1n) is 7.70. The quantitative estimate of drug-likeness (QED) is 0.790. The summed E-state index contributed by atoms with van der Waals surface area (Å²) in [4.78, 5) is 14.9. The highest BCUT2D eigenvalue weighted by molar-refractivity contribution is 7.13. The third-order valence-electron chi connectivity index (χ3n) is 4.21. The van der Waals surface area contributed by atoms with Crippen LogP contribution >= 0.6 is 11.3 Å². The maximum atomic E-state index is 5.30. The minimum atomic E-state index is 0.278. The Hall–Kier alpha value is -2.34. The van der Waals surface area contributed by atoms with Gasteiger partial charge >= 0.3 is 0 Å². The monoisotopic (exact) mass is 326 g/mol. The van der Waals surface area contributed by atoms with Gasteiger partial charge in [-0.1, -0.05) is 12.1 Å². The van der Waals surface area contributed by atoms with E-state index in [0.717, 1.165) is 40.9 Å². The number of nitrogens with zero attached hydrogens (tertiary/aromatic N) is 3. The van der Waals surface area contributed by atoms with Crippen molar-refractivity contribution < 1.29 is 4.74 Å². The van der Waals surface area contributed by atoms with Crippen LogP contribution in [0.5, 0.6) is 5.75 Å². The van der Waals surface area contributed by atoms with Gasteiger partial charge in [-0.2, -0.15) is 0 Å². The number of hydrogen-bond acceptors (Lipinski definition) is 5. The summed E-state index contributed by atoms with van der Waals surface area (Å²) in [6, 6.07) is 8.30. The molecule has 118 valence electrons. The molecule has 1 atom stereocenters. The SMILES string of the molecule is COc1cccc(-c2cnc(C3CCCN3c3nccs3)[nH]2)c1. The van der Waals surface area contributed by atoms with Gasteiger partial charge in [-0.25, -0.2) is 9.97 Å². The van der Waals surface area contributed by atoms with E-state index in [-0.39, 0.29) is 6.04 Å². The number of thiazole rings is 1. The number of methoxy groups -OCH3 is 1. The molecule has 0 amide bonds. The number of imidazole rings is 1. The molecule has 2 aromatic heterocycles. The average Bonchev–Trinajstić information content (AvgIpc) is 3.33. The molecule has 1 saturated heterocycles. The van der Waals surface area contributed by atoms with Crippen molar-refractivity contribution in [2.75, 3.05) is 18.6 Å². The standard InChI is InChI=1S/C17H18N4OS/c1-22-13-5-2-4-12(10-13)14-11-19-16(20-14)15-6-3-8-21(15)17-18-7-9-23-17/h2,4-5,7,9-11,15H,3,6,8H2,1H3,(H,19,20). The van der Waals surface area contributed by atoms with Crippen molar-refractivity contribution in [1.29, 1.82) is 0 Å². The highest BCUT2D eigenvalue weighted by Gasteiger charge is 2.29. The molecule has 0 bridgehead atoms. The van der Waals surface area contributed by atoms with Crippen LogP contribution in [0.15, 0.2) is 42.0 Å². The molecule has 1 aliphatic heterocycles. The number of aromatic amines is 1. The predicted molar refractivity (Wildman–Crippen MR) is 92.0 cm³/mol. The number of aromatic nitrogens is 3. The fourth-order valence-corrected chi connectivity index (χ4v) is 3.80. The number of nitrogens with one attached hydrogen (secondary N) is 1. The Bertz CT molecular complexity index is 784. The fraction of sp³-hybridized carbons (Fsp3) is 0.294. The Morgan fingerprint density at radius 2 is 2.30 bits per heavy atom. The lowest BCUT2D eigenvalue weighted by atomic mass is 10.1. The zero-order valence-corrected chi connectivity index (χ0v) is 13.7. The minimum Gasteiger partial charge on any atom is -0.497 e. The van der Waals surface area contributed by atoms with Gasteiger partial charge in [0.05, 0.1) is 25.0 Å². The van der Waals surface area contributed by atoms with Crippen molar-refractivity contribution in [2.24, 2.45) is 0 Å². The number of ether oxygens (including phenoxy) is 1. The van der Waals surface area contributed by atoms with E-state index in [1.54, 1.807) is 18.4 Å². The van der Waals surface area contributed by atoms with Crippen LogP contribution in [0.3, 0.4) is 0 Å². The molecule has 3 heterocycles. The van der Waals surface area contributed by atoms with Crippen molar-refractivity contribution >= 4 is 16.5 Å². The van der Waals surface area contributed by atoms with E-state index in [0.29, 0.717) is 0 Å². The maximum Gasteiger partial charge on any atom is 0.185 e. The molecule has 23 heavy (non-hydrogen) atoms. The number of rotatable bonds is 4. The summed E-state index contributed by atoms with van der Waals surface area (Å²) in [7, 11) is 1.68. The van der Waals surface area contributed by atoms with E-state index in [1.165, 1.54) is 6.42 Å². The molecule has 5 nitrogen and oxygen atoms in total. The molecule has 4 rings (SSSR count). The van der Waals surface area contributed by atoms with Crippen LogP contribution in [0.4, 0.5) is 5.13 Å². The van der Waals surface area contributed by atoms with Crippen molar-refractivity contribution in [2.45, 2.75) is 18.9 Å². The molecular formula is C17H18N4OS. The molecule has 0 saturated carbocycles. The normalized spacial score (nSPS) is 17.6. The van der Waals surface area contributed by atoms with Gasteiger partial charge in [0.2, 0.25) is 0 Å². The van der Waals surface area contributed by atoms with Crippen LogP contribution in [-0.2, 0) is 0 Å². The summed E-state index contributed by atoms with van der Waals surface area (Å²) in [5.41, 5.74) is 2.10. The van der Waals surface area contributed by atoms with Crippen LogP contribution in [0.25, 0.3) is 11.3 Å². The fourth-order valence-electron chi connectivity index (χ4n) is 3.08. The largest absolute Gasteiger partial charge is 0.497 e. The lowest BCUT2D eigenvalue weighted by Crippen LogP contribution is -2.23. The van der Waals surface area contributed by atoms with Gasteiger partial charge in [0.1, 0.15) is 11.6 Å². The number of benzene rings is 1. The Morgan fingerprint density at radius 1 is 1.35 bits per heavy atom. The van der Waals surface area contributed by atoms with Crippen LogP contribution in [0, 0.1) is 0 Å². The summed E-state index contributed by atoms with van der Waals surface area (Å²) in [6.07, 6.45) is 6.03. The second-order valence-electron chi connectivity index (χ2n) is 5.58. The Labute approximate surface area is 139 Å². The summed E-state index contributed by atoms with van der Waals surface area (Å²) < 4.78 is 5.30. The first-order valence-corrected chi connectivity index (χ1v) is 8.58. The molecule has 6 heteroatoms. The van der Waals surface area contributed by atoms with Crippen molar-refractivity contribution in [3.05, 3.63) is 47.9 Å². The topological polar surface area (TPSA) is 54.0 Å². The van der Waals surface area contributed by atoms with E-state index in [1.807, 2.05) is 36.0 Å². The number of anilines is 1. The van der Waals surface area contributed by atoms with E-state index in [9.17, 15) is 0 Å². The van der Waals surface area contributed by atoms with Crippen molar-refractivity contribution in [1.82, 2.24) is 15.0 Å². The van der Waals surface area contributed by atoms with E-state index in [4.69, 9.17) is 4.74 Å². The van der Waals surface area contributed by atoms with Gasteiger partial charge in [0.25, 0.3) is 0 Å². The summed E-state index contributed by atoms with van der Waals surface area (Å²) in [5, 5.41) is 3.10.